The fourth-order valence-electron chi connectivity index (χ4n) is 0.904. The zero-order valence-electron chi connectivity index (χ0n) is 7.29. The summed E-state index contributed by atoms with van der Waals surface area (Å²) in [6, 6.07) is 7.73. The second-order valence-electron chi connectivity index (χ2n) is 2.24. The highest BCUT2D eigenvalue weighted by Gasteiger charge is 2.10. The van der Waals surface area contributed by atoms with E-state index in [0.29, 0.717) is 0 Å². The standard InChI is InChI=1S/C9H8FNO/c10-5-9(12)8-4-2-1-3-7(8)6-11/h1-4,9,12H,5H2/i9D. The van der Waals surface area contributed by atoms with Crippen molar-refractivity contribution in [3.05, 3.63) is 35.4 Å². The minimum absolute atomic E-state index is 0.000000000000000444. The van der Waals surface area contributed by atoms with Crippen molar-refractivity contribution < 1.29 is 10.9 Å². The molecule has 0 aliphatic heterocycles. The van der Waals surface area contributed by atoms with Crippen LogP contribution in [0, 0.1) is 11.3 Å². The van der Waals surface area contributed by atoms with E-state index in [-0.39, 0.29) is 11.1 Å². The van der Waals surface area contributed by atoms with Crippen molar-refractivity contribution in [2.45, 2.75) is 6.08 Å². The van der Waals surface area contributed by atoms with Crippen LogP contribution in [0.3, 0.4) is 0 Å². The van der Waals surface area contributed by atoms with E-state index in [1.807, 2.05) is 0 Å². The summed E-state index contributed by atoms with van der Waals surface area (Å²) in [6.45, 7) is -1.23. The van der Waals surface area contributed by atoms with Gasteiger partial charge in [-0.15, -0.1) is 0 Å². The number of halogens is 1. The normalized spacial score (nSPS) is 15.9. The van der Waals surface area contributed by atoms with E-state index in [4.69, 9.17) is 6.63 Å². The Kier molecular flexibility index (Phi) is 2.32. The lowest BCUT2D eigenvalue weighted by Crippen LogP contribution is -2.01. The largest absolute Gasteiger partial charge is 0.386 e. The highest BCUT2D eigenvalue weighted by atomic mass is 19.1. The molecular weight excluding hydrogens is 157 g/mol. The van der Waals surface area contributed by atoms with Crippen LogP contribution in [0.5, 0.6) is 0 Å². The van der Waals surface area contributed by atoms with Crippen LogP contribution in [0.4, 0.5) is 4.39 Å². The van der Waals surface area contributed by atoms with Gasteiger partial charge in [-0.3, -0.25) is 0 Å². The molecule has 1 unspecified atom stereocenters. The van der Waals surface area contributed by atoms with Gasteiger partial charge in [0, 0.05) is 5.56 Å². The molecule has 0 bridgehead atoms. The summed E-state index contributed by atoms with van der Waals surface area (Å²) < 4.78 is 19.4. The first-order valence-corrected chi connectivity index (χ1v) is 3.40. The molecule has 0 aliphatic rings. The van der Waals surface area contributed by atoms with Crippen molar-refractivity contribution in [3.63, 3.8) is 0 Å². The number of aliphatic hydroxyl groups is 1. The second-order valence-corrected chi connectivity index (χ2v) is 2.24. The molecule has 0 amide bonds. The molecule has 0 aromatic heterocycles. The monoisotopic (exact) mass is 166 g/mol. The summed E-state index contributed by atoms with van der Waals surface area (Å²) in [5, 5.41) is 17.9. The van der Waals surface area contributed by atoms with E-state index in [0.717, 1.165) is 0 Å². The Morgan fingerprint density at radius 2 is 2.33 bits per heavy atom. The second kappa shape index (κ2) is 3.84. The molecule has 0 saturated heterocycles. The maximum atomic E-state index is 12.2. The lowest BCUT2D eigenvalue weighted by atomic mass is 10.0. The number of rotatable bonds is 2. The zero-order valence-corrected chi connectivity index (χ0v) is 6.29. The van der Waals surface area contributed by atoms with Crippen molar-refractivity contribution in [1.29, 1.82) is 5.26 Å². The van der Waals surface area contributed by atoms with Crippen molar-refractivity contribution in [2.75, 3.05) is 6.67 Å². The van der Waals surface area contributed by atoms with Crippen molar-refractivity contribution in [3.8, 4) is 6.07 Å². The lowest BCUT2D eigenvalue weighted by Gasteiger charge is -2.06. The first kappa shape index (κ1) is 7.26. The molecule has 1 atom stereocenters. The summed E-state index contributed by atoms with van der Waals surface area (Å²) in [5.41, 5.74) is 0.123. The van der Waals surface area contributed by atoms with E-state index in [9.17, 15) is 9.50 Å². The Hall–Kier alpha value is -1.40. The van der Waals surface area contributed by atoms with Crippen LogP contribution in [0.15, 0.2) is 24.3 Å². The molecule has 0 radical (unpaired) electrons. The molecule has 0 aliphatic carbocycles. The molecule has 12 heavy (non-hydrogen) atoms. The Balaban J connectivity index is 3.22. The van der Waals surface area contributed by atoms with Gasteiger partial charge in [0.2, 0.25) is 0 Å². The van der Waals surface area contributed by atoms with Crippen LogP contribution >= 0.6 is 0 Å². The summed E-state index contributed by atoms with van der Waals surface area (Å²) in [5.74, 6) is 0. The Morgan fingerprint density at radius 3 is 2.92 bits per heavy atom. The van der Waals surface area contributed by atoms with Crippen LogP contribution in [0.2, 0.25) is 0 Å². The number of nitriles is 1. The first-order chi connectivity index (χ1) is 6.11. The highest BCUT2D eigenvalue weighted by Crippen LogP contribution is 2.17. The van der Waals surface area contributed by atoms with Crippen molar-refractivity contribution >= 4 is 0 Å². The summed E-state index contributed by atoms with van der Waals surface area (Å²) >= 11 is 0. The van der Waals surface area contributed by atoms with Gasteiger partial charge in [-0.05, 0) is 6.07 Å². The van der Waals surface area contributed by atoms with Gasteiger partial charge in [-0.2, -0.15) is 5.26 Å². The molecule has 1 rings (SSSR count). The zero-order chi connectivity index (χ0) is 9.90. The summed E-state index contributed by atoms with van der Waals surface area (Å²) in [6.07, 6.45) is -2.31. The molecule has 0 spiro atoms. The predicted octanol–water partition coefficient (Wildman–Crippen LogP) is 1.56. The molecule has 1 aromatic carbocycles. The lowest BCUT2D eigenvalue weighted by molar-refractivity contribution is 0.141. The Bertz CT molecular complexity index is 346. The van der Waals surface area contributed by atoms with Gasteiger partial charge in [0.1, 0.15) is 12.8 Å². The predicted molar refractivity (Wildman–Crippen MR) is 42.1 cm³/mol. The van der Waals surface area contributed by atoms with E-state index in [1.54, 1.807) is 18.2 Å². The minimum Gasteiger partial charge on any atom is -0.386 e. The average molecular weight is 166 g/mol. The molecule has 62 valence electrons. The van der Waals surface area contributed by atoms with Gasteiger partial charge < -0.3 is 5.11 Å². The molecule has 3 heteroatoms. The molecule has 0 saturated carbocycles. The number of alkyl halides is 1. The molecular formula is C9H8FNO. The molecule has 1 N–H and O–H groups in total. The molecule has 0 heterocycles. The number of hydrogen-bond donors (Lipinski definition) is 1. The Morgan fingerprint density at radius 1 is 1.67 bits per heavy atom. The van der Waals surface area contributed by atoms with Crippen LogP contribution < -0.4 is 0 Å². The van der Waals surface area contributed by atoms with Crippen molar-refractivity contribution in [1.82, 2.24) is 0 Å². The van der Waals surface area contributed by atoms with E-state index >= 15 is 0 Å². The quantitative estimate of drug-likeness (QED) is 0.724. The molecule has 0 fully saturated rings. The topological polar surface area (TPSA) is 44.0 Å². The van der Waals surface area contributed by atoms with Gasteiger partial charge in [-0.1, -0.05) is 18.2 Å². The van der Waals surface area contributed by atoms with Gasteiger partial charge in [0.25, 0.3) is 0 Å². The maximum absolute atomic E-state index is 12.2. The summed E-state index contributed by atoms with van der Waals surface area (Å²) in [4.78, 5) is 0. The number of benzene rings is 1. The fourth-order valence-corrected chi connectivity index (χ4v) is 0.904. The van der Waals surface area contributed by atoms with Gasteiger partial charge >= 0.3 is 0 Å². The fraction of sp³-hybridized carbons (Fsp3) is 0.222. The van der Waals surface area contributed by atoms with Crippen LogP contribution in [0.1, 0.15) is 18.6 Å². The minimum atomic E-state index is -2.31. The highest BCUT2D eigenvalue weighted by molar-refractivity contribution is 5.38. The summed E-state index contributed by atoms with van der Waals surface area (Å²) in [7, 11) is 0. The molecule has 2 nitrogen and oxygen atoms in total. The maximum Gasteiger partial charge on any atom is 0.120 e. The number of hydrogen-bond acceptors (Lipinski definition) is 2. The van der Waals surface area contributed by atoms with E-state index in [2.05, 4.69) is 0 Å². The third-order valence-corrected chi connectivity index (χ3v) is 1.48. The van der Waals surface area contributed by atoms with Crippen LogP contribution in [-0.4, -0.2) is 11.8 Å². The van der Waals surface area contributed by atoms with Crippen LogP contribution in [-0.2, 0) is 0 Å². The first-order valence-electron chi connectivity index (χ1n) is 3.90. The van der Waals surface area contributed by atoms with Gasteiger partial charge in [-0.25, -0.2) is 4.39 Å². The van der Waals surface area contributed by atoms with Gasteiger partial charge in [0.15, 0.2) is 0 Å². The smallest absolute Gasteiger partial charge is 0.120 e. The number of nitrogens with zero attached hydrogens (tertiary/aromatic N) is 1. The van der Waals surface area contributed by atoms with E-state index in [1.165, 1.54) is 12.1 Å². The van der Waals surface area contributed by atoms with E-state index < -0.39 is 12.8 Å². The third-order valence-electron chi connectivity index (χ3n) is 1.48. The van der Waals surface area contributed by atoms with Crippen molar-refractivity contribution in [2.24, 2.45) is 0 Å². The SMILES string of the molecule is [2H]C(O)(CF)c1ccccc1C#N. The van der Waals surface area contributed by atoms with Gasteiger partial charge in [0.05, 0.1) is 13.0 Å². The average Bonchev–Trinajstić information content (AvgIpc) is 2.18. The molecule has 1 aromatic rings. The third kappa shape index (κ3) is 1.60. The van der Waals surface area contributed by atoms with Crippen LogP contribution in [0.25, 0.3) is 0 Å². The Labute approximate surface area is 71.3 Å².